The van der Waals surface area contributed by atoms with Crippen LogP contribution in [0.3, 0.4) is 0 Å². The van der Waals surface area contributed by atoms with Crippen molar-refractivity contribution in [1.82, 2.24) is 0 Å². The Labute approximate surface area is 242 Å². The van der Waals surface area contributed by atoms with Crippen LogP contribution in [0.25, 0.3) is 11.3 Å². The molecule has 0 bridgehead atoms. The van der Waals surface area contributed by atoms with E-state index in [1.807, 2.05) is 30.3 Å². The van der Waals surface area contributed by atoms with E-state index in [0.29, 0.717) is 39.6 Å². The molecule has 212 valence electrons. The quantitative estimate of drug-likeness (QED) is 0.217. The van der Waals surface area contributed by atoms with Crippen molar-refractivity contribution >= 4 is 61.8 Å². The number of benzene rings is 4. The Kier molecular flexibility index (Phi) is 7.76. The number of carbonyl (C=O) groups excluding carboxylic acids is 3. The highest BCUT2D eigenvalue weighted by molar-refractivity contribution is 7.92. The normalized spacial score (nSPS) is 13.5. The summed E-state index contributed by atoms with van der Waals surface area (Å²) < 4.78 is 29.0. The van der Waals surface area contributed by atoms with Crippen LogP contribution in [0, 0.1) is 0 Å². The van der Waals surface area contributed by atoms with Crippen LogP contribution in [0.15, 0.2) is 108 Å². The maximum Gasteiger partial charge on any atom is 0.261 e. The summed E-state index contributed by atoms with van der Waals surface area (Å²) in [5, 5.41) is 6.13. The smallest absolute Gasteiger partial charge is 0.261 e. The molecule has 10 nitrogen and oxygen atoms in total. The highest BCUT2D eigenvalue weighted by Crippen LogP contribution is 2.39. The number of nitrogens with zero attached hydrogens (tertiary/aromatic N) is 1. The number of primary amides is 1. The summed E-state index contributed by atoms with van der Waals surface area (Å²) in [5.41, 5.74) is 9.07. The van der Waals surface area contributed by atoms with Crippen LogP contribution in [-0.2, 0) is 24.4 Å². The number of anilines is 4. The largest absolute Gasteiger partial charge is 0.368 e. The van der Waals surface area contributed by atoms with Crippen molar-refractivity contribution in [3.63, 3.8) is 0 Å². The number of amides is 3. The second-order valence-electron chi connectivity index (χ2n) is 9.49. The second kappa shape index (κ2) is 11.6. The molecule has 4 aromatic carbocycles. The summed E-state index contributed by atoms with van der Waals surface area (Å²) in [6, 6.07) is 28.9. The average molecular weight is 582 g/mol. The molecule has 0 unspecified atom stereocenters. The molecule has 0 aliphatic carbocycles. The van der Waals surface area contributed by atoms with E-state index < -0.39 is 21.8 Å². The fourth-order valence-electron chi connectivity index (χ4n) is 4.58. The van der Waals surface area contributed by atoms with Gasteiger partial charge >= 0.3 is 0 Å². The lowest BCUT2D eigenvalue weighted by atomic mass is 10.00. The molecule has 0 saturated heterocycles. The molecule has 0 radical (unpaired) electrons. The molecule has 1 aliphatic heterocycles. The molecule has 0 saturated carbocycles. The van der Waals surface area contributed by atoms with Crippen molar-refractivity contribution in [3.05, 3.63) is 114 Å². The van der Waals surface area contributed by atoms with Gasteiger partial charge in [-0.1, -0.05) is 48.5 Å². The monoisotopic (exact) mass is 581 g/mol. The van der Waals surface area contributed by atoms with Gasteiger partial charge in [0.2, 0.25) is 11.8 Å². The Morgan fingerprint density at radius 1 is 0.857 bits per heavy atom. The topological polar surface area (TPSA) is 151 Å². The van der Waals surface area contributed by atoms with E-state index in [2.05, 4.69) is 15.4 Å². The number of hydrogen-bond donors (Lipinski definition) is 4. The van der Waals surface area contributed by atoms with Crippen molar-refractivity contribution in [1.29, 1.82) is 0 Å². The number of nitrogens with two attached hydrogens (primary N) is 1. The minimum atomic E-state index is -3.95. The lowest BCUT2D eigenvalue weighted by molar-refractivity contribution is -0.121. The van der Waals surface area contributed by atoms with Crippen molar-refractivity contribution < 1.29 is 22.8 Å². The van der Waals surface area contributed by atoms with Crippen molar-refractivity contribution in [2.75, 3.05) is 26.8 Å². The molecule has 4 aromatic rings. The summed E-state index contributed by atoms with van der Waals surface area (Å²) >= 11 is 0. The molecular weight excluding hydrogens is 554 g/mol. The zero-order valence-corrected chi connectivity index (χ0v) is 23.3. The Hall–Kier alpha value is -5.42. The van der Waals surface area contributed by atoms with E-state index in [4.69, 9.17) is 5.73 Å². The molecular formula is C31H27N5O5S. The standard InChI is InChI=1S/C31H27N5O5S/c1-20(37)36(19-28(32)38)24-14-12-22(13-15-24)33-30(21-8-4-2-5-9-21)29-26-18-25(16-17-27(26)34-31(29)39)42(40,41)35-23-10-6-3-7-11-23/h2-18,33,35H,19H2,1H3,(H2,32,38)(H,34,39). The van der Waals surface area contributed by atoms with Gasteiger partial charge in [0.05, 0.1) is 16.2 Å². The third kappa shape index (κ3) is 6.01. The van der Waals surface area contributed by atoms with Crippen LogP contribution in [0.5, 0.6) is 0 Å². The lowest BCUT2D eigenvalue weighted by Crippen LogP contribution is -2.37. The number of sulfonamides is 1. The molecule has 0 spiro atoms. The Balaban J connectivity index is 1.56. The molecule has 0 fully saturated rings. The zero-order valence-electron chi connectivity index (χ0n) is 22.5. The van der Waals surface area contributed by atoms with E-state index in [9.17, 15) is 22.8 Å². The fourth-order valence-corrected chi connectivity index (χ4v) is 5.66. The average Bonchev–Trinajstić information content (AvgIpc) is 3.30. The SMILES string of the molecule is CC(=O)N(CC(N)=O)c1ccc(NC(=C2C(=O)Nc3ccc(S(=O)(=O)Nc4ccccc4)cc32)c2ccccc2)cc1. The molecule has 3 amide bonds. The highest BCUT2D eigenvalue weighted by atomic mass is 32.2. The van der Waals surface area contributed by atoms with Crippen molar-refractivity contribution in [2.45, 2.75) is 11.8 Å². The van der Waals surface area contributed by atoms with Crippen LogP contribution in [-0.4, -0.2) is 32.7 Å². The second-order valence-corrected chi connectivity index (χ2v) is 11.2. The summed E-state index contributed by atoms with van der Waals surface area (Å²) in [6.07, 6.45) is 0. The van der Waals surface area contributed by atoms with Crippen LogP contribution >= 0.6 is 0 Å². The number of carbonyl (C=O) groups is 3. The van der Waals surface area contributed by atoms with E-state index in [0.717, 1.165) is 0 Å². The van der Waals surface area contributed by atoms with Gasteiger partial charge in [-0.25, -0.2) is 8.42 Å². The molecule has 1 aliphatic rings. The number of fused-ring (bicyclic) bond motifs is 1. The first-order chi connectivity index (χ1) is 20.1. The summed E-state index contributed by atoms with van der Waals surface area (Å²) in [6.45, 7) is 1.08. The zero-order chi connectivity index (χ0) is 29.9. The Bertz CT molecular complexity index is 1810. The minimum Gasteiger partial charge on any atom is -0.368 e. The predicted molar refractivity (Wildman–Crippen MR) is 163 cm³/mol. The van der Waals surface area contributed by atoms with Gasteiger partial charge in [-0.15, -0.1) is 0 Å². The third-order valence-electron chi connectivity index (χ3n) is 6.53. The fraction of sp³-hybridized carbons (Fsp3) is 0.0645. The molecule has 42 heavy (non-hydrogen) atoms. The molecule has 0 atom stereocenters. The Morgan fingerprint density at radius 3 is 2.12 bits per heavy atom. The van der Waals surface area contributed by atoms with Gasteiger partial charge < -0.3 is 21.3 Å². The Morgan fingerprint density at radius 2 is 1.50 bits per heavy atom. The van der Waals surface area contributed by atoms with Crippen LogP contribution in [0.2, 0.25) is 0 Å². The lowest BCUT2D eigenvalue weighted by Gasteiger charge is -2.20. The first-order valence-electron chi connectivity index (χ1n) is 12.9. The molecule has 1 heterocycles. The van der Waals surface area contributed by atoms with Crippen LogP contribution < -0.4 is 26.0 Å². The highest BCUT2D eigenvalue weighted by Gasteiger charge is 2.30. The third-order valence-corrected chi connectivity index (χ3v) is 7.91. The first-order valence-corrected chi connectivity index (χ1v) is 14.4. The van der Waals surface area contributed by atoms with E-state index >= 15 is 0 Å². The maximum atomic E-state index is 13.3. The van der Waals surface area contributed by atoms with Gasteiger partial charge in [-0.2, -0.15) is 0 Å². The van der Waals surface area contributed by atoms with Gasteiger partial charge in [0, 0.05) is 35.2 Å². The van der Waals surface area contributed by atoms with Gasteiger partial charge in [0.1, 0.15) is 6.54 Å². The number of nitrogens with one attached hydrogen (secondary N) is 3. The molecule has 0 aromatic heterocycles. The maximum absolute atomic E-state index is 13.3. The number of hydrogen-bond acceptors (Lipinski definition) is 6. The number of para-hydroxylation sites is 1. The van der Waals surface area contributed by atoms with Crippen molar-refractivity contribution in [3.8, 4) is 0 Å². The molecule has 5 N–H and O–H groups in total. The van der Waals surface area contributed by atoms with E-state index in [-0.39, 0.29) is 22.9 Å². The summed E-state index contributed by atoms with van der Waals surface area (Å²) in [5.74, 6) is -1.38. The summed E-state index contributed by atoms with van der Waals surface area (Å²) in [7, 11) is -3.95. The predicted octanol–water partition coefficient (Wildman–Crippen LogP) is 4.26. The van der Waals surface area contributed by atoms with Gasteiger partial charge in [-0.3, -0.25) is 19.1 Å². The van der Waals surface area contributed by atoms with E-state index in [1.165, 1.54) is 24.0 Å². The van der Waals surface area contributed by atoms with Crippen LogP contribution in [0.1, 0.15) is 18.1 Å². The number of rotatable bonds is 9. The van der Waals surface area contributed by atoms with E-state index in [1.54, 1.807) is 60.7 Å². The van der Waals surface area contributed by atoms with Gasteiger partial charge in [0.15, 0.2) is 0 Å². The molecule has 5 rings (SSSR count). The van der Waals surface area contributed by atoms with Crippen LogP contribution in [0.4, 0.5) is 22.7 Å². The van der Waals surface area contributed by atoms with Gasteiger partial charge in [0.25, 0.3) is 15.9 Å². The molecule has 11 heteroatoms. The summed E-state index contributed by atoms with van der Waals surface area (Å²) in [4.78, 5) is 38.1. The first kappa shape index (κ1) is 28.1. The van der Waals surface area contributed by atoms with Crippen molar-refractivity contribution in [2.24, 2.45) is 5.73 Å². The van der Waals surface area contributed by atoms with Gasteiger partial charge in [-0.05, 0) is 60.2 Å². The minimum absolute atomic E-state index is 0.00496.